The van der Waals surface area contributed by atoms with Gasteiger partial charge in [0.05, 0.1) is 12.6 Å². The molecule has 0 saturated heterocycles. The fraction of sp³-hybridized carbons (Fsp3) is 0.267. The fourth-order valence-electron chi connectivity index (χ4n) is 1.89. The Morgan fingerprint density at radius 1 is 1.30 bits per heavy atom. The van der Waals surface area contributed by atoms with Crippen molar-refractivity contribution in [2.45, 2.75) is 19.6 Å². The highest BCUT2D eigenvalue weighted by atomic mass is 32.1. The second-order valence-corrected chi connectivity index (χ2v) is 5.41. The molecule has 0 aliphatic heterocycles. The number of para-hydroxylation sites is 1. The summed E-state index contributed by atoms with van der Waals surface area (Å²) in [6.45, 7) is 2.43. The molecule has 1 aromatic carbocycles. The maximum absolute atomic E-state index is 12.0. The smallest absolute Gasteiger partial charge is 0.319 e. The van der Waals surface area contributed by atoms with Crippen LogP contribution in [-0.2, 0) is 11.3 Å². The Kier molecular flexibility index (Phi) is 5.15. The standard InChI is InChI=1S/C15H18N2O2S/c1-11(14-8-5-9-20-14)16-15(18)17-13-7-4-3-6-12(13)10-19-2/h3-9,11H,10H2,1-2H3,(H2,16,17,18)/t11-/m1/s1. The summed E-state index contributed by atoms with van der Waals surface area (Å²) in [6.07, 6.45) is 0. The zero-order valence-electron chi connectivity index (χ0n) is 11.6. The van der Waals surface area contributed by atoms with Crippen molar-refractivity contribution in [3.63, 3.8) is 0 Å². The lowest BCUT2D eigenvalue weighted by Crippen LogP contribution is -2.31. The lowest BCUT2D eigenvalue weighted by Gasteiger charge is -2.15. The summed E-state index contributed by atoms with van der Waals surface area (Å²) < 4.78 is 5.12. The molecule has 0 saturated carbocycles. The molecule has 4 nitrogen and oxygen atoms in total. The number of thiophene rings is 1. The van der Waals surface area contributed by atoms with Crippen LogP contribution in [0, 0.1) is 0 Å². The molecule has 0 fully saturated rings. The van der Waals surface area contributed by atoms with E-state index in [4.69, 9.17) is 4.74 Å². The summed E-state index contributed by atoms with van der Waals surface area (Å²) in [4.78, 5) is 13.1. The van der Waals surface area contributed by atoms with Gasteiger partial charge in [0, 0.05) is 23.2 Å². The number of ether oxygens (including phenoxy) is 1. The molecule has 0 bridgehead atoms. The van der Waals surface area contributed by atoms with Crippen LogP contribution in [0.25, 0.3) is 0 Å². The monoisotopic (exact) mass is 290 g/mol. The molecule has 2 amide bonds. The molecule has 20 heavy (non-hydrogen) atoms. The van der Waals surface area contributed by atoms with E-state index < -0.39 is 0 Å². The van der Waals surface area contributed by atoms with Crippen molar-refractivity contribution in [1.82, 2.24) is 5.32 Å². The number of hydrogen-bond acceptors (Lipinski definition) is 3. The van der Waals surface area contributed by atoms with Gasteiger partial charge in [-0.25, -0.2) is 4.79 Å². The second kappa shape index (κ2) is 7.07. The van der Waals surface area contributed by atoms with E-state index in [0.717, 1.165) is 16.1 Å². The molecular formula is C15H18N2O2S. The predicted molar refractivity (Wildman–Crippen MR) is 82.0 cm³/mol. The molecule has 2 aromatic rings. The van der Waals surface area contributed by atoms with Gasteiger partial charge in [-0.3, -0.25) is 0 Å². The molecule has 5 heteroatoms. The van der Waals surface area contributed by atoms with Gasteiger partial charge < -0.3 is 15.4 Å². The van der Waals surface area contributed by atoms with Crippen LogP contribution in [0.5, 0.6) is 0 Å². The van der Waals surface area contributed by atoms with Crippen LogP contribution >= 0.6 is 11.3 Å². The molecule has 0 radical (unpaired) electrons. The molecule has 0 aliphatic carbocycles. The van der Waals surface area contributed by atoms with Gasteiger partial charge in [0.1, 0.15) is 0 Å². The largest absolute Gasteiger partial charge is 0.380 e. The Morgan fingerprint density at radius 2 is 2.10 bits per heavy atom. The average molecular weight is 290 g/mol. The van der Waals surface area contributed by atoms with Gasteiger partial charge >= 0.3 is 6.03 Å². The van der Waals surface area contributed by atoms with E-state index in [1.54, 1.807) is 18.4 Å². The van der Waals surface area contributed by atoms with E-state index in [1.807, 2.05) is 48.7 Å². The van der Waals surface area contributed by atoms with Gasteiger partial charge in [-0.15, -0.1) is 11.3 Å². The Balaban J connectivity index is 1.98. The first-order valence-electron chi connectivity index (χ1n) is 6.38. The first-order chi connectivity index (χ1) is 9.70. The van der Waals surface area contributed by atoms with Crippen molar-refractivity contribution < 1.29 is 9.53 Å². The molecule has 106 valence electrons. The van der Waals surface area contributed by atoms with Crippen LogP contribution < -0.4 is 10.6 Å². The van der Waals surface area contributed by atoms with Crippen LogP contribution in [0.1, 0.15) is 23.4 Å². The van der Waals surface area contributed by atoms with Crippen LogP contribution in [0.15, 0.2) is 41.8 Å². The SMILES string of the molecule is COCc1ccccc1NC(=O)N[C@H](C)c1cccs1. The van der Waals surface area contributed by atoms with E-state index in [0.29, 0.717) is 6.61 Å². The minimum Gasteiger partial charge on any atom is -0.380 e. The van der Waals surface area contributed by atoms with E-state index in [9.17, 15) is 4.79 Å². The van der Waals surface area contributed by atoms with Crippen LogP contribution in [0.4, 0.5) is 10.5 Å². The lowest BCUT2D eigenvalue weighted by atomic mass is 10.2. The molecule has 1 atom stereocenters. The highest BCUT2D eigenvalue weighted by Crippen LogP contribution is 2.19. The maximum Gasteiger partial charge on any atom is 0.319 e. The number of urea groups is 1. The van der Waals surface area contributed by atoms with Crippen LogP contribution in [-0.4, -0.2) is 13.1 Å². The molecule has 0 unspecified atom stereocenters. The van der Waals surface area contributed by atoms with Crippen molar-refractivity contribution in [1.29, 1.82) is 0 Å². The topological polar surface area (TPSA) is 50.4 Å². The molecule has 2 rings (SSSR count). The summed E-state index contributed by atoms with van der Waals surface area (Å²) in [7, 11) is 1.63. The summed E-state index contributed by atoms with van der Waals surface area (Å²) in [6, 6.07) is 11.4. The van der Waals surface area contributed by atoms with E-state index in [2.05, 4.69) is 10.6 Å². The van der Waals surface area contributed by atoms with E-state index in [-0.39, 0.29) is 12.1 Å². The first-order valence-corrected chi connectivity index (χ1v) is 7.26. The third-order valence-electron chi connectivity index (χ3n) is 2.88. The Morgan fingerprint density at radius 3 is 2.80 bits per heavy atom. The normalized spacial score (nSPS) is 11.9. The predicted octanol–water partition coefficient (Wildman–Crippen LogP) is 3.78. The Labute approximate surface area is 122 Å². The van der Waals surface area contributed by atoms with Crippen molar-refractivity contribution in [2.75, 3.05) is 12.4 Å². The molecule has 1 aromatic heterocycles. The van der Waals surface area contributed by atoms with Gasteiger partial charge in [-0.05, 0) is 24.4 Å². The number of carbonyl (C=O) groups is 1. The van der Waals surface area contributed by atoms with E-state index >= 15 is 0 Å². The summed E-state index contributed by atoms with van der Waals surface area (Å²) in [5.41, 5.74) is 1.72. The van der Waals surface area contributed by atoms with Crippen molar-refractivity contribution in [3.8, 4) is 0 Å². The van der Waals surface area contributed by atoms with Crippen molar-refractivity contribution in [3.05, 3.63) is 52.2 Å². The zero-order valence-corrected chi connectivity index (χ0v) is 12.4. The second-order valence-electron chi connectivity index (χ2n) is 4.43. The minimum absolute atomic E-state index is 0.00964. The maximum atomic E-state index is 12.0. The number of hydrogen-bond donors (Lipinski definition) is 2. The van der Waals surface area contributed by atoms with Gasteiger partial charge in [-0.1, -0.05) is 24.3 Å². The number of carbonyl (C=O) groups excluding carboxylic acids is 1. The summed E-state index contributed by atoms with van der Waals surface area (Å²) in [5, 5.41) is 7.78. The van der Waals surface area contributed by atoms with Crippen molar-refractivity contribution in [2.24, 2.45) is 0 Å². The van der Waals surface area contributed by atoms with Gasteiger partial charge in [0.25, 0.3) is 0 Å². The number of benzene rings is 1. The number of nitrogens with one attached hydrogen (secondary N) is 2. The number of methoxy groups -OCH3 is 1. The van der Waals surface area contributed by atoms with Gasteiger partial charge in [0.2, 0.25) is 0 Å². The summed E-state index contributed by atoms with van der Waals surface area (Å²) in [5.74, 6) is 0. The Bertz CT molecular complexity index is 555. The molecule has 1 heterocycles. The molecule has 2 N–H and O–H groups in total. The van der Waals surface area contributed by atoms with Gasteiger partial charge in [-0.2, -0.15) is 0 Å². The number of anilines is 1. The first kappa shape index (κ1) is 14.6. The highest BCUT2D eigenvalue weighted by Gasteiger charge is 2.11. The third kappa shape index (κ3) is 3.82. The van der Waals surface area contributed by atoms with Gasteiger partial charge in [0.15, 0.2) is 0 Å². The highest BCUT2D eigenvalue weighted by molar-refractivity contribution is 7.10. The van der Waals surface area contributed by atoms with E-state index in [1.165, 1.54) is 0 Å². The third-order valence-corrected chi connectivity index (χ3v) is 3.94. The lowest BCUT2D eigenvalue weighted by molar-refractivity contribution is 0.185. The molecular weight excluding hydrogens is 272 g/mol. The number of amides is 2. The zero-order chi connectivity index (χ0) is 14.4. The number of rotatable bonds is 5. The van der Waals surface area contributed by atoms with Crippen LogP contribution in [0.3, 0.4) is 0 Å². The minimum atomic E-state index is -0.213. The molecule has 0 aliphatic rings. The Hall–Kier alpha value is -1.85. The summed E-state index contributed by atoms with van der Waals surface area (Å²) >= 11 is 1.63. The van der Waals surface area contributed by atoms with Crippen LogP contribution in [0.2, 0.25) is 0 Å². The average Bonchev–Trinajstić information content (AvgIpc) is 2.95. The fourth-order valence-corrected chi connectivity index (χ4v) is 2.62. The molecule has 0 spiro atoms. The quantitative estimate of drug-likeness (QED) is 0.880. The van der Waals surface area contributed by atoms with Crippen molar-refractivity contribution >= 4 is 23.1 Å².